The molecule has 0 unspecified atom stereocenters. The first-order chi connectivity index (χ1) is 12.0. The van der Waals surface area contributed by atoms with Gasteiger partial charge in [0, 0.05) is 11.8 Å². The molecule has 0 spiro atoms. The Hall–Kier alpha value is -2.19. The highest BCUT2D eigenvalue weighted by molar-refractivity contribution is 9.09. The number of amides is 1. The summed E-state index contributed by atoms with van der Waals surface area (Å²) in [6.07, 6.45) is 0.616. The maximum Gasteiger partial charge on any atom is 0.266 e. The first-order valence-corrected chi connectivity index (χ1v) is 9.51. The van der Waals surface area contributed by atoms with E-state index in [-0.39, 0.29) is 11.5 Å². The number of halogens is 1. The number of fused-ring (bicyclic) bond motifs is 1. The van der Waals surface area contributed by atoms with Crippen molar-refractivity contribution in [3.05, 3.63) is 50.9 Å². The quantitative estimate of drug-likeness (QED) is 0.617. The number of H-pyrrole nitrogens is 1. The first kappa shape index (κ1) is 17.6. The van der Waals surface area contributed by atoms with Crippen molar-refractivity contribution in [2.24, 2.45) is 0 Å². The number of rotatable bonds is 5. The number of alkyl halides is 1. The lowest BCUT2D eigenvalue weighted by Gasteiger charge is -2.09. The van der Waals surface area contributed by atoms with E-state index in [9.17, 15) is 9.59 Å². The van der Waals surface area contributed by atoms with Crippen LogP contribution in [0.4, 0.5) is 5.69 Å². The molecule has 0 radical (unpaired) electrons. The molecule has 0 aliphatic rings. The summed E-state index contributed by atoms with van der Waals surface area (Å²) in [5, 5.41) is 4.01. The fourth-order valence-electron chi connectivity index (χ4n) is 2.54. The number of benzene rings is 1. The number of anilines is 1. The van der Waals surface area contributed by atoms with Crippen molar-refractivity contribution in [3.63, 3.8) is 0 Å². The van der Waals surface area contributed by atoms with Gasteiger partial charge in [0.25, 0.3) is 11.5 Å². The van der Waals surface area contributed by atoms with E-state index in [1.165, 1.54) is 11.3 Å². The van der Waals surface area contributed by atoms with Crippen molar-refractivity contribution in [1.29, 1.82) is 0 Å². The SMILES string of the molecule is COc1ccccc1NC(=O)c1sc2nc(CCBr)[nH]c(=O)c2c1C. The van der Waals surface area contributed by atoms with Crippen LogP contribution >= 0.6 is 27.3 Å². The fourth-order valence-corrected chi connectivity index (χ4v) is 4.01. The van der Waals surface area contributed by atoms with Crippen molar-refractivity contribution in [2.45, 2.75) is 13.3 Å². The molecule has 0 atom stereocenters. The van der Waals surface area contributed by atoms with Crippen molar-refractivity contribution >= 4 is 49.1 Å². The van der Waals surface area contributed by atoms with Gasteiger partial charge >= 0.3 is 0 Å². The molecular formula is C17H16BrN3O3S. The van der Waals surface area contributed by atoms with Gasteiger partial charge in [-0.3, -0.25) is 9.59 Å². The summed E-state index contributed by atoms with van der Waals surface area (Å²) in [6.45, 7) is 1.76. The van der Waals surface area contributed by atoms with Crippen LogP contribution in [0, 0.1) is 6.92 Å². The van der Waals surface area contributed by atoms with Gasteiger partial charge in [0.05, 0.1) is 23.1 Å². The number of para-hydroxylation sites is 2. The Kier molecular flexibility index (Phi) is 5.19. The number of methoxy groups -OCH3 is 1. The van der Waals surface area contributed by atoms with Gasteiger partial charge in [0.15, 0.2) is 0 Å². The Morgan fingerprint density at radius 3 is 2.88 bits per heavy atom. The summed E-state index contributed by atoms with van der Waals surface area (Å²) in [5.41, 5.74) is 0.992. The van der Waals surface area contributed by atoms with Crippen LogP contribution in [0.1, 0.15) is 21.1 Å². The van der Waals surface area contributed by atoms with Crippen LogP contribution in [-0.2, 0) is 6.42 Å². The number of nitrogens with zero attached hydrogens (tertiary/aromatic N) is 1. The largest absolute Gasteiger partial charge is 0.495 e. The second-order valence-corrected chi connectivity index (χ2v) is 7.13. The number of thiophene rings is 1. The predicted molar refractivity (Wildman–Crippen MR) is 103 cm³/mol. The van der Waals surface area contributed by atoms with Crippen molar-refractivity contribution in [3.8, 4) is 5.75 Å². The van der Waals surface area contributed by atoms with Crippen molar-refractivity contribution in [2.75, 3.05) is 17.8 Å². The molecule has 0 saturated carbocycles. The van der Waals surface area contributed by atoms with Crippen molar-refractivity contribution < 1.29 is 9.53 Å². The molecule has 0 bridgehead atoms. The zero-order valence-electron chi connectivity index (χ0n) is 13.7. The molecule has 6 nitrogen and oxygen atoms in total. The third-order valence-corrected chi connectivity index (χ3v) is 5.32. The summed E-state index contributed by atoms with van der Waals surface area (Å²) >= 11 is 4.55. The van der Waals surface area contributed by atoms with Gasteiger partial charge in [-0.25, -0.2) is 4.98 Å². The van der Waals surface area contributed by atoms with Gasteiger partial charge in [-0.05, 0) is 24.6 Å². The molecule has 0 aliphatic carbocycles. The fraction of sp³-hybridized carbons (Fsp3) is 0.235. The number of carbonyl (C=O) groups is 1. The highest BCUT2D eigenvalue weighted by Crippen LogP contribution is 2.29. The average molecular weight is 422 g/mol. The van der Waals surface area contributed by atoms with E-state index in [4.69, 9.17) is 4.74 Å². The second kappa shape index (κ2) is 7.37. The van der Waals surface area contributed by atoms with E-state index < -0.39 is 0 Å². The Labute approximate surface area is 156 Å². The number of ether oxygens (including phenoxy) is 1. The number of hydrogen-bond donors (Lipinski definition) is 2. The average Bonchev–Trinajstić information content (AvgIpc) is 2.93. The van der Waals surface area contributed by atoms with Gasteiger partial charge in [-0.1, -0.05) is 28.1 Å². The lowest BCUT2D eigenvalue weighted by atomic mass is 10.2. The van der Waals surface area contributed by atoms with Crippen molar-refractivity contribution in [1.82, 2.24) is 9.97 Å². The number of hydrogen-bond acceptors (Lipinski definition) is 5. The number of carbonyl (C=O) groups excluding carboxylic acids is 1. The van der Waals surface area contributed by atoms with E-state index in [2.05, 4.69) is 31.2 Å². The minimum Gasteiger partial charge on any atom is -0.495 e. The second-order valence-electron chi connectivity index (χ2n) is 5.34. The molecule has 130 valence electrons. The molecule has 0 fully saturated rings. The van der Waals surface area contributed by atoms with Crippen LogP contribution in [0.5, 0.6) is 5.75 Å². The normalized spacial score (nSPS) is 10.8. The molecule has 0 aliphatic heterocycles. The standard InChI is InChI=1S/C17H16BrN3O3S/c1-9-13-15(22)20-12(7-8-18)21-17(13)25-14(9)16(23)19-10-5-3-4-6-11(10)24-2/h3-6H,7-8H2,1-2H3,(H,19,23)(H,20,21,22). The number of aryl methyl sites for hydroxylation is 2. The molecule has 2 heterocycles. The molecule has 1 aromatic carbocycles. The first-order valence-electron chi connectivity index (χ1n) is 7.57. The van der Waals surface area contributed by atoms with Gasteiger partial charge in [-0.15, -0.1) is 11.3 Å². The Morgan fingerprint density at radius 2 is 2.16 bits per heavy atom. The van der Waals surface area contributed by atoms with E-state index in [0.29, 0.717) is 49.7 Å². The summed E-state index contributed by atoms with van der Waals surface area (Å²) < 4.78 is 5.25. The van der Waals surface area contributed by atoms with E-state index in [1.54, 1.807) is 26.2 Å². The van der Waals surface area contributed by atoms with Crippen LogP contribution in [0.15, 0.2) is 29.1 Å². The van der Waals surface area contributed by atoms with Crippen LogP contribution in [0.2, 0.25) is 0 Å². The predicted octanol–water partition coefficient (Wildman–Crippen LogP) is 3.49. The monoisotopic (exact) mass is 421 g/mol. The van der Waals surface area contributed by atoms with Crippen LogP contribution in [-0.4, -0.2) is 28.3 Å². The molecule has 0 saturated heterocycles. The van der Waals surface area contributed by atoms with E-state index in [0.717, 1.165) is 0 Å². The van der Waals surface area contributed by atoms with E-state index >= 15 is 0 Å². The van der Waals surface area contributed by atoms with Gasteiger partial charge in [0.2, 0.25) is 0 Å². The summed E-state index contributed by atoms with van der Waals surface area (Å²) in [6, 6.07) is 7.17. The molecule has 3 rings (SSSR count). The molecule has 2 N–H and O–H groups in total. The Morgan fingerprint density at radius 1 is 1.40 bits per heavy atom. The number of aromatic nitrogens is 2. The summed E-state index contributed by atoms with van der Waals surface area (Å²) in [5.74, 6) is 0.893. The minimum atomic E-state index is -0.286. The smallest absolute Gasteiger partial charge is 0.266 e. The summed E-state index contributed by atoms with van der Waals surface area (Å²) in [7, 11) is 1.55. The van der Waals surface area contributed by atoms with Gasteiger partial charge < -0.3 is 15.0 Å². The highest BCUT2D eigenvalue weighted by Gasteiger charge is 2.20. The molecular weight excluding hydrogens is 406 g/mol. The van der Waals surface area contributed by atoms with Crippen LogP contribution in [0.3, 0.4) is 0 Å². The molecule has 2 aromatic heterocycles. The van der Waals surface area contributed by atoms with E-state index in [1.807, 2.05) is 12.1 Å². The van der Waals surface area contributed by atoms with Gasteiger partial charge in [-0.2, -0.15) is 0 Å². The molecule has 8 heteroatoms. The molecule has 3 aromatic rings. The third-order valence-electron chi connectivity index (χ3n) is 3.74. The highest BCUT2D eigenvalue weighted by atomic mass is 79.9. The lowest BCUT2D eigenvalue weighted by Crippen LogP contribution is -2.14. The lowest BCUT2D eigenvalue weighted by molar-refractivity contribution is 0.102. The zero-order valence-corrected chi connectivity index (χ0v) is 16.1. The maximum atomic E-state index is 12.7. The Bertz CT molecular complexity index is 996. The zero-order chi connectivity index (χ0) is 18.0. The summed E-state index contributed by atoms with van der Waals surface area (Å²) in [4.78, 5) is 33.3. The minimum absolute atomic E-state index is 0.217. The number of aromatic amines is 1. The molecule has 1 amide bonds. The van der Waals surface area contributed by atoms with Crippen LogP contribution < -0.4 is 15.6 Å². The number of nitrogens with one attached hydrogen (secondary N) is 2. The topological polar surface area (TPSA) is 84.1 Å². The molecule has 25 heavy (non-hydrogen) atoms. The third kappa shape index (κ3) is 3.45. The van der Waals surface area contributed by atoms with Gasteiger partial charge in [0.1, 0.15) is 16.4 Å². The maximum absolute atomic E-state index is 12.7. The Balaban J connectivity index is 2.00. The van der Waals surface area contributed by atoms with Crippen LogP contribution in [0.25, 0.3) is 10.2 Å².